The van der Waals surface area contributed by atoms with Gasteiger partial charge in [0.25, 0.3) is 0 Å². The highest BCUT2D eigenvalue weighted by Crippen LogP contribution is 2.31. The fourth-order valence-corrected chi connectivity index (χ4v) is 1.73. The van der Waals surface area contributed by atoms with E-state index >= 15 is 0 Å². The Kier molecular flexibility index (Phi) is 1.68. The van der Waals surface area contributed by atoms with Crippen molar-refractivity contribution < 1.29 is 9.53 Å². The van der Waals surface area contributed by atoms with Gasteiger partial charge in [-0.25, -0.2) is 0 Å². The predicted molar refractivity (Wildman–Crippen MR) is 41.0 cm³/mol. The molecule has 0 saturated carbocycles. The maximum atomic E-state index is 10.9. The number of hydrogen-bond acceptors (Lipinski definition) is 2. The minimum Gasteiger partial charge on any atom is -0.461 e. The first-order valence-corrected chi connectivity index (χ1v) is 4.23. The second kappa shape index (κ2) is 2.68. The predicted octanol–water partition coefficient (Wildman–Crippen LogP) is 1.66. The van der Waals surface area contributed by atoms with E-state index in [9.17, 15) is 4.79 Å². The third kappa shape index (κ3) is 1.17. The summed E-state index contributed by atoms with van der Waals surface area (Å²) in [5.74, 6) is 0.241. The average molecular weight is 152 g/mol. The molecule has 2 rings (SSSR count). The Hall–Kier alpha value is -0.790. The molecule has 1 unspecified atom stereocenters. The SMILES string of the molecule is O=C1O[C@@H]2CC/C=C\CCC12. The topological polar surface area (TPSA) is 26.3 Å². The maximum absolute atomic E-state index is 10.9. The number of carbonyl (C=O) groups excluding carboxylic acids is 1. The molecule has 0 amide bonds. The van der Waals surface area contributed by atoms with Crippen LogP contribution < -0.4 is 0 Å². The quantitative estimate of drug-likeness (QED) is 0.390. The van der Waals surface area contributed by atoms with E-state index in [4.69, 9.17) is 4.74 Å². The first-order chi connectivity index (χ1) is 5.38. The molecule has 0 aromatic rings. The molecule has 1 heterocycles. The number of ether oxygens (including phenoxy) is 1. The standard InChI is InChI=1S/C9H12O2/c10-9-7-5-3-1-2-4-6-8(7)11-9/h1-2,7-8H,3-6H2/b2-1-/t7?,8-/m1/s1. The molecule has 1 saturated heterocycles. The molecular formula is C9H12O2. The molecule has 1 aliphatic carbocycles. The number of esters is 1. The van der Waals surface area contributed by atoms with Gasteiger partial charge in [0.1, 0.15) is 6.10 Å². The number of carbonyl (C=O) groups is 1. The zero-order valence-corrected chi connectivity index (χ0v) is 6.45. The molecule has 2 heteroatoms. The van der Waals surface area contributed by atoms with Crippen LogP contribution in [0.15, 0.2) is 12.2 Å². The van der Waals surface area contributed by atoms with E-state index in [2.05, 4.69) is 12.2 Å². The van der Waals surface area contributed by atoms with Crippen molar-refractivity contribution in [2.75, 3.05) is 0 Å². The van der Waals surface area contributed by atoms with Crippen LogP contribution in [0.25, 0.3) is 0 Å². The molecule has 1 aliphatic heterocycles. The summed E-state index contributed by atoms with van der Waals surface area (Å²) < 4.78 is 5.01. The van der Waals surface area contributed by atoms with E-state index in [0.29, 0.717) is 0 Å². The van der Waals surface area contributed by atoms with Crippen LogP contribution in [0, 0.1) is 5.92 Å². The molecule has 60 valence electrons. The number of hydrogen-bond donors (Lipinski definition) is 0. The van der Waals surface area contributed by atoms with E-state index in [0.717, 1.165) is 25.7 Å². The number of rotatable bonds is 0. The van der Waals surface area contributed by atoms with Gasteiger partial charge < -0.3 is 4.74 Å². The highest BCUT2D eigenvalue weighted by Gasteiger charge is 2.41. The van der Waals surface area contributed by atoms with E-state index in [1.807, 2.05) is 0 Å². The van der Waals surface area contributed by atoms with Crippen LogP contribution in [-0.2, 0) is 9.53 Å². The molecule has 0 aromatic carbocycles. The summed E-state index contributed by atoms with van der Waals surface area (Å²) >= 11 is 0. The van der Waals surface area contributed by atoms with Crippen LogP contribution >= 0.6 is 0 Å². The Balaban J connectivity index is 2.00. The summed E-state index contributed by atoms with van der Waals surface area (Å²) in [4.78, 5) is 10.9. The van der Waals surface area contributed by atoms with Gasteiger partial charge in [0.2, 0.25) is 0 Å². The van der Waals surface area contributed by atoms with Crippen molar-refractivity contribution in [3.05, 3.63) is 12.2 Å². The van der Waals surface area contributed by atoms with E-state index in [-0.39, 0.29) is 18.0 Å². The van der Waals surface area contributed by atoms with Crippen molar-refractivity contribution in [2.45, 2.75) is 31.8 Å². The van der Waals surface area contributed by atoms with E-state index in [1.54, 1.807) is 0 Å². The molecule has 2 aliphatic rings. The lowest BCUT2D eigenvalue weighted by molar-refractivity contribution is -0.185. The lowest BCUT2D eigenvalue weighted by Crippen LogP contribution is -2.45. The lowest BCUT2D eigenvalue weighted by Gasteiger charge is -2.35. The smallest absolute Gasteiger partial charge is 0.313 e. The second-order valence-electron chi connectivity index (χ2n) is 3.21. The van der Waals surface area contributed by atoms with Gasteiger partial charge >= 0.3 is 5.97 Å². The van der Waals surface area contributed by atoms with Gasteiger partial charge in [-0.3, -0.25) is 4.79 Å². The summed E-state index contributed by atoms with van der Waals surface area (Å²) in [5, 5.41) is 0. The molecular weight excluding hydrogens is 140 g/mol. The van der Waals surface area contributed by atoms with Gasteiger partial charge in [-0.05, 0) is 25.7 Å². The zero-order chi connectivity index (χ0) is 7.68. The second-order valence-corrected chi connectivity index (χ2v) is 3.21. The van der Waals surface area contributed by atoms with Gasteiger partial charge in [-0.15, -0.1) is 0 Å². The summed E-state index contributed by atoms with van der Waals surface area (Å²) in [5.41, 5.74) is 0. The van der Waals surface area contributed by atoms with Crippen LogP contribution in [0.4, 0.5) is 0 Å². The van der Waals surface area contributed by atoms with Crippen LogP contribution in [-0.4, -0.2) is 12.1 Å². The first kappa shape index (κ1) is 6.89. The van der Waals surface area contributed by atoms with Crippen molar-refractivity contribution in [3.63, 3.8) is 0 Å². The van der Waals surface area contributed by atoms with Crippen molar-refractivity contribution in [3.8, 4) is 0 Å². The van der Waals surface area contributed by atoms with Crippen LogP contribution in [0.5, 0.6) is 0 Å². The molecule has 0 N–H and O–H groups in total. The van der Waals surface area contributed by atoms with Crippen molar-refractivity contribution in [1.82, 2.24) is 0 Å². The fraction of sp³-hybridized carbons (Fsp3) is 0.667. The minimum absolute atomic E-state index is 0.0188. The summed E-state index contributed by atoms with van der Waals surface area (Å²) in [6.07, 6.45) is 8.70. The molecule has 0 aromatic heterocycles. The number of fused-ring (bicyclic) bond motifs is 1. The van der Waals surface area contributed by atoms with Crippen molar-refractivity contribution >= 4 is 5.97 Å². The van der Waals surface area contributed by atoms with Crippen molar-refractivity contribution in [1.29, 1.82) is 0 Å². The Morgan fingerprint density at radius 1 is 1.27 bits per heavy atom. The molecule has 11 heavy (non-hydrogen) atoms. The Labute approximate surface area is 66.2 Å². The molecule has 2 nitrogen and oxygen atoms in total. The van der Waals surface area contributed by atoms with Crippen LogP contribution in [0.3, 0.4) is 0 Å². The highest BCUT2D eigenvalue weighted by molar-refractivity contribution is 5.78. The van der Waals surface area contributed by atoms with Gasteiger partial charge in [-0.2, -0.15) is 0 Å². The third-order valence-electron chi connectivity index (χ3n) is 2.45. The van der Waals surface area contributed by atoms with Gasteiger partial charge in [-0.1, -0.05) is 12.2 Å². The zero-order valence-electron chi connectivity index (χ0n) is 6.45. The normalized spacial score (nSPS) is 39.1. The Morgan fingerprint density at radius 2 is 2.00 bits per heavy atom. The fourth-order valence-electron chi connectivity index (χ4n) is 1.73. The third-order valence-corrected chi connectivity index (χ3v) is 2.45. The monoisotopic (exact) mass is 152 g/mol. The molecule has 1 fully saturated rings. The minimum atomic E-state index is 0.0188. The van der Waals surface area contributed by atoms with E-state index in [1.165, 1.54) is 0 Å². The number of allylic oxidation sites excluding steroid dienone is 2. The largest absolute Gasteiger partial charge is 0.461 e. The summed E-state index contributed by atoms with van der Waals surface area (Å²) in [6, 6.07) is 0. The maximum Gasteiger partial charge on any atom is 0.313 e. The summed E-state index contributed by atoms with van der Waals surface area (Å²) in [7, 11) is 0. The van der Waals surface area contributed by atoms with Gasteiger partial charge in [0.05, 0.1) is 5.92 Å². The van der Waals surface area contributed by atoms with Crippen LogP contribution in [0.2, 0.25) is 0 Å². The highest BCUT2D eigenvalue weighted by atomic mass is 16.6. The molecule has 2 atom stereocenters. The average Bonchev–Trinajstić information content (AvgIpc) is 1.96. The van der Waals surface area contributed by atoms with E-state index < -0.39 is 0 Å². The first-order valence-electron chi connectivity index (χ1n) is 4.23. The lowest BCUT2D eigenvalue weighted by atomic mass is 9.87. The molecule has 0 spiro atoms. The van der Waals surface area contributed by atoms with Crippen LogP contribution in [0.1, 0.15) is 25.7 Å². The summed E-state index contributed by atoms with van der Waals surface area (Å²) in [6.45, 7) is 0. The van der Waals surface area contributed by atoms with Gasteiger partial charge in [0.15, 0.2) is 0 Å². The molecule has 0 bridgehead atoms. The Morgan fingerprint density at radius 3 is 2.73 bits per heavy atom. The molecule has 0 radical (unpaired) electrons. The van der Waals surface area contributed by atoms with Gasteiger partial charge in [0, 0.05) is 0 Å². The Bertz CT molecular complexity index is 196. The van der Waals surface area contributed by atoms with Crippen molar-refractivity contribution in [2.24, 2.45) is 5.92 Å².